The van der Waals surface area contributed by atoms with E-state index in [9.17, 15) is 8.42 Å². The number of rotatable bonds is 4. The zero-order valence-electron chi connectivity index (χ0n) is 12.0. The Balaban J connectivity index is 2.11. The highest BCUT2D eigenvalue weighted by Crippen LogP contribution is 2.12. The number of nitrogens with zero attached hydrogens (tertiary/aromatic N) is 1. The summed E-state index contributed by atoms with van der Waals surface area (Å²) in [6.45, 7) is 3.91. The summed E-state index contributed by atoms with van der Waals surface area (Å²) in [5, 5.41) is 0. The van der Waals surface area contributed by atoms with Gasteiger partial charge in [0.2, 0.25) is 0 Å². The van der Waals surface area contributed by atoms with Crippen molar-refractivity contribution in [3.05, 3.63) is 71.3 Å². The third-order valence-corrected chi connectivity index (χ3v) is 4.20. The number of allylic oxidation sites excluding steroid dienone is 1. The van der Waals surface area contributed by atoms with Gasteiger partial charge in [0.1, 0.15) is 0 Å². The summed E-state index contributed by atoms with van der Waals surface area (Å²) < 4.78 is 27.6. The first kappa shape index (κ1) is 15.2. The molecule has 2 aromatic carbocycles. The van der Waals surface area contributed by atoms with Gasteiger partial charge in [-0.15, -0.1) is 0 Å². The molecule has 0 N–H and O–H groups in total. The molecule has 0 aliphatic rings. The molecule has 4 heteroatoms. The molecule has 3 nitrogen and oxygen atoms in total. The Kier molecular flexibility index (Phi) is 4.70. The van der Waals surface area contributed by atoms with E-state index in [1.807, 2.05) is 44.2 Å². The lowest BCUT2D eigenvalue weighted by molar-refractivity contribution is 0.598. The van der Waals surface area contributed by atoms with E-state index in [1.165, 1.54) is 6.21 Å². The SMILES string of the molecule is Cc1ccc(S(=O)(=O)/N=C/C=C/c2cccc(C)c2)cc1. The van der Waals surface area contributed by atoms with Gasteiger partial charge in [0.25, 0.3) is 10.0 Å². The topological polar surface area (TPSA) is 46.5 Å². The van der Waals surface area contributed by atoms with Crippen LogP contribution in [0.15, 0.2) is 63.9 Å². The molecule has 0 heterocycles. The van der Waals surface area contributed by atoms with Crippen LogP contribution in [0.4, 0.5) is 0 Å². The predicted octanol–water partition coefficient (Wildman–Crippen LogP) is 3.78. The number of hydrogen-bond donors (Lipinski definition) is 0. The molecular formula is C17H17NO2S. The normalized spacial score (nSPS) is 12.3. The molecular weight excluding hydrogens is 282 g/mol. The quantitative estimate of drug-likeness (QED) is 0.807. The third-order valence-electron chi connectivity index (χ3n) is 2.94. The van der Waals surface area contributed by atoms with E-state index < -0.39 is 10.0 Å². The second-order valence-electron chi connectivity index (χ2n) is 4.82. The van der Waals surface area contributed by atoms with Gasteiger partial charge < -0.3 is 0 Å². The minimum Gasteiger partial charge on any atom is -0.199 e. The van der Waals surface area contributed by atoms with Gasteiger partial charge in [-0.05, 0) is 37.6 Å². The molecule has 0 saturated heterocycles. The van der Waals surface area contributed by atoms with Gasteiger partial charge in [0, 0.05) is 6.21 Å². The van der Waals surface area contributed by atoms with E-state index in [2.05, 4.69) is 4.40 Å². The third kappa shape index (κ3) is 4.39. The molecule has 0 aromatic heterocycles. The molecule has 2 aromatic rings. The van der Waals surface area contributed by atoms with Crippen LogP contribution in [0.25, 0.3) is 6.08 Å². The molecule has 21 heavy (non-hydrogen) atoms. The highest BCUT2D eigenvalue weighted by atomic mass is 32.2. The lowest BCUT2D eigenvalue weighted by Crippen LogP contribution is -1.96. The minimum absolute atomic E-state index is 0.202. The first-order chi connectivity index (χ1) is 9.97. The lowest BCUT2D eigenvalue weighted by atomic mass is 10.1. The Morgan fingerprint density at radius 2 is 1.67 bits per heavy atom. The Bertz CT molecular complexity index is 773. The molecule has 0 radical (unpaired) electrons. The smallest absolute Gasteiger partial charge is 0.199 e. The molecule has 0 amide bonds. The Hall–Kier alpha value is -2.20. The summed E-state index contributed by atoms with van der Waals surface area (Å²) in [6, 6.07) is 14.6. The van der Waals surface area contributed by atoms with Crippen molar-refractivity contribution in [2.24, 2.45) is 4.40 Å². The average Bonchev–Trinajstić information content (AvgIpc) is 2.44. The second kappa shape index (κ2) is 6.50. The molecule has 0 saturated carbocycles. The van der Waals surface area contributed by atoms with Crippen molar-refractivity contribution in [3.8, 4) is 0 Å². The van der Waals surface area contributed by atoms with Crippen molar-refractivity contribution < 1.29 is 8.42 Å². The summed E-state index contributed by atoms with van der Waals surface area (Å²) in [6.07, 6.45) is 4.75. The summed E-state index contributed by atoms with van der Waals surface area (Å²) in [5.74, 6) is 0. The van der Waals surface area contributed by atoms with E-state index in [1.54, 1.807) is 30.3 Å². The molecule has 0 aliphatic carbocycles. The molecule has 108 valence electrons. The van der Waals surface area contributed by atoms with Crippen molar-refractivity contribution in [2.75, 3.05) is 0 Å². The van der Waals surface area contributed by atoms with Crippen molar-refractivity contribution in [3.63, 3.8) is 0 Å². The molecule has 0 fully saturated rings. The highest BCUT2D eigenvalue weighted by Gasteiger charge is 2.09. The van der Waals surface area contributed by atoms with Gasteiger partial charge in [-0.1, -0.05) is 53.6 Å². The van der Waals surface area contributed by atoms with Gasteiger partial charge in [-0.3, -0.25) is 0 Å². The predicted molar refractivity (Wildman–Crippen MR) is 87.1 cm³/mol. The molecule has 0 atom stereocenters. The lowest BCUT2D eigenvalue weighted by Gasteiger charge is -1.98. The average molecular weight is 299 g/mol. The zero-order chi connectivity index (χ0) is 15.3. The van der Waals surface area contributed by atoms with Crippen molar-refractivity contribution in [1.82, 2.24) is 0 Å². The maximum atomic E-state index is 12.0. The fraction of sp³-hybridized carbons (Fsp3) is 0.118. The fourth-order valence-electron chi connectivity index (χ4n) is 1.81. The van der Waals surface area contributed by atoms with Crippen LogP contribution in [0.1, 0.15) is 16.7 Å². The molecule has 0 spiro atoms. The van der Waals surface area contributed by atoms with E-state index in [4.69, 9.17) is 0 Å². The maximum Gasteiger partial charge on any atom is 0.282 e. The first-order valence-corrected chi connectivity index (χ1v) is 8.02. The molecule has 0 aliphatic heterocycles. The maximum absolute atomic E-state index is 12.0. The number of hydrogen-bond acceptors (Lipinski definition) is 2. The van der Waals surface area contributed by atoms with Crippen molar-refractivity contribution in [1.29, 1.82) is 0 Å². The van der Waals surface area contributed by atoms with E-state index >= 15 is 0 Å². The van der Waals surface area contributed by atoms with Crippen LogP contribution in [0.2, 0.25) is 0 Å². The molecule has 0 bridgehead atoms. The number of aryl methyl sites for hydroxylation is 2. The minimum atomic E-state index is -3.62. The van der Waals surface area contributed by atoms with Crippen LogP contribution in [0.3, 0.4) is 0 Å². The summed E-state index contributed by atoms with van der Waals surface area (Å²) in [4.78, 5) is 0.202. The van der Waals surface area contributed by atoms with Crippen LogP contribution >= 0.6 is 0 Å². The summed E-state index contributed by atoms with van der Waals surface area (Å²) in [5.41, 5.74) is 3.17. The zero-order valence-corrected chi connectivity index (χ0v) is 12.8. The Labute approximate surface area is 125 Å². The van der Waals surface area contributed by atoms with Crippen LogP contribution in [-0.2, 0) is 10.0 Å². The monoisotopic (exact) mass is 299 g/mol. The van der Waals surface area contributed by atoms with E-state index in [-0.39, 0.29) is 4.90 Å². The van der Waals surface area contributed by atoms with Crippen molar-refractivity contribution >= 4 is 22.3 Å². The van der Waals surface area contributed by atoms with Crippen molar-refractivity contribution in [2.45, 2.75) is 18.7 Å². The second-order valence-corrected chi connectivity index (χ2v) is 6.45. The summed E-state index contributed by atoms with van der Waals surface area (Å²) >= 11 is 0. The highest BCUT2D eigenvalue weighted by molar-refractivity contribution is 7.90. The molecule has 2 rings (SSSR count). The van der Waals surface area contributed by atoms with Gasteiger partial charge in [0.05, 0.1) is 4.90 Å². The fourth-order valence-corrected chi connectivity index (χ4v) is 2.65. The Morgan fingerprint density at radius 3 is 2.33 bits per heavy atom. The Morgan fingerprint density at radius 1 is 0.952 bits per heavy atom. The number of benzene rings is 2. The molecule has 0 unspecified atom stereocenters. The van der Waals surface area contributed by atoms with Crippen LogP contribution < -0.4 is 0 Å². The van der Waals surface area contributed by atoms with Crippen LogP contribution in [0, 0.1) is 13.8 Å². The van der Waals surface area contributed by atoms with Gasteiger partial charge in [-0.25, -0.2) is 0 Å². The van der Waals surface area contributed by atoms with Gasteiger partial charge in [0.15, 0.2) is 0 Å². The van der Waals surface area contributed by atoms with Gasteiger partial charge >= 0.3 is 0 Å². The van der Waals surface area contributed by atoms with E-state index in [0.717, 1.165) is 16.7 Å². The van der Waals surface area contributed by atoms with E-state index in [0.29, 0.717) is 0 Å². The largest absolute Gasteiger partial charge is 0.282 e. The standard InChI is InChI=1S/C17H17NO2S/c1-14-8-10-17(11-9-14)21(19,20)18-12-4-7-16-6-3-5-15(2)13-16/h3-13H,1-2H3/b7-4+,18-12+. The van der Waals surface area contributed by atoms with Crippen LogP contribution in [0.5, 0.6) is 0 Å². The number of sulfonamides is 1. The summed E-state index contributed by atoms with van der Waals surface area (Å²) in [7, 11) is -3.62. The van der Waals surface area contributed by atoms with Crippen LogP contribution in [-0.4, -0.2) is 14.6 Å². The first-order valence-electron chi connectivity index (χ1n) is 6.58. The van der Waals surface area contributed by atoms with Gasteiger partial charge in [-0.2, -0.15) is 12.8 Å².